The van der Waals surface area contributed by atoms with Crippen molar-refractivity contribution in [3.05, 3.63) is 0 Å². The number of hydrogen-bond acceptors (Lipinski definition) is 3. The van der Waals surface area contributed by atoms with Crippen molar-refractivity contribution >= 4 is 6.09 Å². The van der Waals surface area contributed by atoms with Crippen LogP contribution in [0, 0.1) is 0 Å². The molecular formula is C10H17NO3. The summed E-state index contributed by atoms with van der Waals surface area (Å²) in [7, 11) is 0. The molecule has 0 spiro atoms. The molecule has 1 saturated carbocycles. The minimum absolute atomic E-state index is 0.153. The van der Waals surface area contributed by atoms with E-state index in [1.807, 2.05) is 0 Å². The fourth-order valence-electron chi connectivity index (χ4n) is 1.63. The van der Waals surface area contributed by atoms with Gasteiger partial charge in [0.25, 0.3) is 0 Å². The van der Waals surface area contributed by atoms with Crippen LogP contribution in [-0.2, 0) is 9.47 Å². The molecule has 2 rings (SSSR count). The maximum absolute atomic E-state index is 11.6. The molecule has 0 aromatic heterocycles. The van der Waals surface area contributed by atoms with Crippen LogP contribution in [0.2, 0.25) is 0 Å². The van der Waals surface area contributed by atoms with Crippen molar-refractivity contribution in [1.29, 1.82) is 0 Å². The second kappa shape index (κ2) is 4.64. The zero-order valence-electron chi connectivity index (χ0n) is 8.41. The molecule has 0 aromatic rings. The Kier molecular flexibility index (Phi) is 3.24. The van der Waals surface area contributed by atoms with Gasteiger partial charge >= 0.3 is 6.09 Å². The normalized spacial score (nSPS) is 23.9. The van der Waals surface area contributed by atoms with Gasteiger partial charge in [0, 0.05) is 19.7 Å². The van der Waals surface area contributed by atoms with Crippen LogP contribution < -0.4 is 0 Å². The number of carbonyl (C=O) groups is 1. The number of nitrogens with zero attached hydrogens (tertiary/aromatic N) is 1. The van der Waals surface area contributed by atoms with Gasteiger partial charge in [0.2, 0.25) is 0 Å². The van der Waals surface area contributed by atoms with E-state index in [1.54, 1.807) is 4.90 Å². The summed E-state index contributed by atoms with van der Waals surface area (Å²) in [5.41, 5.74) is 0. The van der Waals surface area contributed by atoms with Crippen molar-refractivity contribution in [3.8, 4) is 0 Å². The Morgan fingerprint density at radius 1 is 1.21 bits per heavy atom. The first-order valence-electron chi connectivity index (χ1n) is 5.39. The highest BCUT2D eigenvalue weighted by Gasteiger charge is 2.25. The second-order valence-electron chi connectivity index (χ2n) is 3.89. The Hall–Kier alpha value is -0.770. The third kappa shape index (κ3) is 2.38. The third-order valence-corrected chi connectivity index (χ3v) is 2.80. The lowest BCUT2D eigenvalue weighted by molar-refractivity contribution is 0.0263. The van der Waals surface area contributed by atoms with Gasteiger partial charge in [-0.1, -0.05) is 0 Å². The SMILES string of the molecule is O=C(OC1CCC1)N1CCCOCC1. The fourth-order valence-corrected chi connectivity index (χ4v) is 1.63. The summed E-state index contributed by atoms with van der Waals surface area (Å²) >= 11 is 0. The maximum atomic E-state index is 11.6. The molecule has 1 aliphatic carbocycles. The summed E-state index contributed by atoms with van der Waals surface area (Å²) in [5.74, 6) is 0. The van der Waals surface area contributed by atoms with E-state index in [0.717, 1.165) is 32.4 Å². The minimum atomic E-state index is -0.153. The van der Waals surface area contributed by atoms with Crippen LogP contribution in [0.1, 0.15) is 25.7 Å². The molecule has 2 aliphatic rings. The van der Waals surface area contributed by atoms with Gasteiger partial charge in [-0.2, -0.15) is 0 Å². The van der Waals surface area contributed by atoms with Gasteiger partial charge in [-0.05, 0) is 25.7 Å². The predicted octanol–water partition coefficient (Wildman–Crippen LogP) is 1.40. The van der Waals surface area contributed by atoms with Crippen molar-refractivity contribution in [1.82, 2.24) is 4.90 Å². The molecule has 80 valence electrons. The number of hydrogen-bond donors (Lipinski definition) is 0. The van der Waals surface area contributed by atoms with E-state index in [4.69, 9.17) is 9.47 Å². The molecule has 4 heteroatoms. The molecule has 0 unspecified atom stereocenters. The van der Waals surface area contributed by atoms with E-state index >= 15 is 0 Å². The zero-order valence-corrected chi connectivity index (χ0v) is 8.41. The van der Waals surface area contributed by atoms with Gasteiger partial charge in [-0.25, -0.2) is 4.79 Å². The first-order chi connectivity index (χ1) is 6.86. The van der Waals surface area contributed by atoms with Crippen LogP contribution >= 0.6 is 0 Å². The van der Waals surface area contributed by atoms with Gasteiger partial charge in [0.05, 0.1) is 6.61 Å². The molecular weight excluding hydrogens is 182 g/mol. The van der Waals surface area contributed by atoms with E-state index < -0.39 is 0 Å². The molecule has 2 fully saturated rings. The first kappa shape index (κ1) is 9.77. The van der Waals surface area contributed by atoms with Gasteiger partial charge in [0.1, 0.15) is 6.10 Å². The van der Waals surface area contributed by atoms with Gasteiger partial charge in [-0.15, -0.1) is 0 Å². The Morgan fingerprint density at radius 2 is 2.07 bits per heavy atom. The van der Waals surface area contributed by atoms with Crippen LogP contribution in [0.25, 0.3) is 0 Å². The van der Waals surface area contributed by atoms with Gasteiger partial charge < -0.3 is 14.4 Å². The molecule has 14 heavy (non-hydrogen) atoms. The molecule has 0 bridgehead atoms. The van der Waals surface area contributed by atoms with E-state index in [-0.39, 0.29) is 12.2 Å². The largest absolute Gasteiger partial charge is 0.446 e. The van der Waals surface area contributed by atoms with Crippen LogP contribution in [0.4, 0.5) is 4.79 Å². The van der Waals surface area contributed by atoms with Crippen LogP contribution in [0.15, 0.2) is 0 Å². The van der Waals surface area contributed by atoms with Gasteiger partial charge in [-0.3, -0.25) is 0 Å². The van der Waals surface area contributed by atoms with Crippen molar-refractivity contribution in [2.45, 2.75) is 31.8 Å². The van der Waals surface area contributed by atoms with Crippen molar-refractivity contribution in [2.24, 2.45) is 0 Å². The summed E-state index contributed by atoms with van der Waals surface area (Å²) in [6, 6.07) is 0. The lowest BCUT2D eigenvalue weighted by Gasteiger charge is -2.28. The van der Waals surface area contributed by atoms with Crippen molar-refractivity contribution in [2.75, 3.05) is 26.3 Å². The minimum Gasteiger partial charge on any atom is -0.446 e. The molecule has 1 amide bonds. The molecule has 1 heterocycles. The van der Waals surface area contributed by atoms with E-state index in [9.17, 15) is 4.79 Å². The summed E-state index contributed by atoms with van der Waals surface area (Å²) < 4.78 is 10.6. The highest BCUT2D eigenvalue weighted by molar-refractivity contribution is 5.67. The number of rotatable bonds is 1. The zero-order chi connectivity index (χ0) is 9.80. The Bertz CT molecular complexity index is 196. The van der Waals surface area contributed by atoms with Crippen LogP contribution in [-0.4, -0.2) is 43.4 Å². The summed E-state index contributed by atoms with van der Waals surface area (Å²) in [6.07, 6.45) is 4.22. The summed E-state index contributed by atoms with van der Waals surface area (Å²) in [4.78, 5) is 13.4. The van der Waals surface area contributed by atoms with Crippen LogP contribution in [0.3, 0.4) is 0 Å². The van der Waals surface area contributed by atoms with E-state index in [2.05, 4.69) is 0 Å². The molecule has 4 nitrogen and oxygen atoms in total. The van der Waals surface area contributed by atoms with Crippen molar-refractivity contribution < 1.29 is 14.3 Å². The number of amides is 1. The van der Waals surface area contributed by atoms with Gasteiger partial charge in [0.15, 0.2) is 0 Å². The quantitative estimate of drug-likeness (QED) is 0.640. The monoisotopic (exact) mass is 199 g/mol. The smallest absolute Gasteiger partial charge is 0.410 e. The average molecular weight is 199 g/mol. The Morgan fingerprint density at radius 3 is 2.79 bits per heavy atom. The molecule has 0 aromatic carbocycles. The van der Waals surface area contributed by atoms with Crippen molar-refractivity contribution in [3.63, 3.8) is 0 Å². The molecule has 0 N–H and O–H groups in total. The molecule has 0 radical (unpaired) electrons. The highest BCUT2D eigenvalue weighted by Crippen LogP contribution is 2.22. The molecule has 1 aliphatic heterocycles. The topological polar surface area (TPSA) is 38.8 Å². The standard InChI is InChI=1S/C10H17NO3/c12-10(14-9-3-1-4-9)11-5-2-7-13-8-6-11/h9H,1-8H2. The summed E-state index contributed by atoms with van der Waals surface area (Å²) in [5, 5.41) is 0. The maximum Gasteiger partial charge on any atom is 0.410 e. The van der Waals surface area contributed by atoms with E-state index in [0.29, 0.717) is 13.2 Å². The number of ether oxygens (including phenoxy) is 2. The Labute approximate surface area is 84.2 Å². The fraction of sp³-hybridized carbons (Fsp3) is 0.900. The summed E-state index contributed by atoms with van der Waals surface area (Å²) in [6.45, 7) is 2.84. The predicted molar refractivity (Wildman–Crippen MR) is 51.1 cm³/mol. The molecule has 1 saturated heterocycles. The average Bonchev–Trinajstić information content (AvgIpc) is 2.38. The van der Waals surface area contributed by atoms with E-state index in [1.165, 1.54) is 6.42 Å². The lowest BCUT2D eigenvalue weighted by atomic mass is 9.96. The number of carbonyl (C=O) groups excluding carboxylic acids is 1. The lowest BCUT2D eigenvalue weighted by Crippen LogP contribution is -2.37. The van der Waals surface area contributed by atoms with Crippen LogP contribution in [0.5, 0.6) is 0 Å². The highest BCUT2D eigenvalue weighted by atomic mass is 16.6. The second-order valence-corrected chi connectivity index (χ2v) is 3.89. The Balaban J connectivity index is 1.76. The molecule has 0 atom stereocenters. The third-order valence-electron chi connectivity index (χ3n) is 2.80. The first-order valence-corrected chi connectivity index (χ1v) is 5.39.